The maximum Gasteiger partial charge on any atom is 0.230 e. The fourth-order valence-electron chi connectivity index (χ4n) is 2.83. The van der Waals surface area contributed by atoms with Crippen LogP contribution >= 0.6 is 0 Å². The van der Waals surface area contributed by atoms with Crippen molar-refractivity contribution in [1.29, 1.82) is 0 Å². The number of amides is 1. The Morgan fingerprint density at radius 3 is 2.20 bits per heavy atom. The maximum atomic E-state index is 12.7. The van der Waals surface area contributed by atoms with Crippen molar-refractivity contribution in [1.82, 2.24) is 9.21 Å². The molecule has 2 N–H and O–H groups in total. The molecule has 116 valence electrons. The van der Waals surface area contributed by atoms with E-state index in [1.54, 1.807) is 4.90 Å². The molecule has 2 heterocycles. The van der Waals surface area contributed by atoms with Gasteiger partial charge in [0.05, 0.1) is 11.7 Å². The van der Waals surface area contributed by atoms with E-state index in [4.69, 9.17) is 10.5 Å². The first-order valence-corrected chi connectivity index (χ1v) is 8.76. The SMILES string of the molecule is CS(=O)(=O)N1CCN(C(=O)C2(CN)CCOCC2)CC1. The summed E-state index contributed by atoms with van der Waals surface area (Å²) < 4.78 is 29.7. The second-order valence-electron chi connectivity index (χ2n) is 5.55. The van der Waals surface area contributed by atoms with E-state index in [-0.39, 0.29) is 5.91 Å². The summed E-state index contributed by atoms with van der Waals surface area (Å²) >= 11 is 0. The monoisotopic (exact) mass is 305 g/mol. The normalized spacial score (nSPS) is 24.6. The van der Waals surface area contributed by atoms with Gasteiger partial charge in [0.25, 0.3) is 0 Å². The Kier molecular flexibility index (Phi) is 4.68. The Bertz CT molecular complexity index is 451. The Balaban J connectivity index is 2.00. The van der Waals surface area contributed by atoms with E-state index in [0.29, 0.717) is 58.8 Å². The summed E-state index contributed by atoms with van der Waals surface area (Å²) in [6, 6.07) is 0. The van der Waals surface area contributed by atoms with Crippen LogP contribution in [0.2, 0.25) is 0 Å². The average molecular weight is 305 g/mol. The number of nitrogens with two attached hydrogens (primary N) is 1. The van der Waals surface area contributed by atoms with Gasteiger partial charge in [-0.2, -0.15) is 4.31 Å². The van der Waals surface area contributed by atoms with E-state index in [1.165, 1.54) is 10.6 Å². The number of ether oxygens (including phenoxy) is 1. The first-order valence-electron chi connectivity index (χ1n) is 6.91. The summed E-state index contributed by atoms with van der Waals surface area (Å²) in [7, 11) is -3.17. The van der Waals surface area contributed by atoms with Gasteiger partial charge in [-0.05, 0) is 12.8 Å². The minimum absolute atomic E-state index is 0.0523. The van der Waals surface area contributed by atoms with Crippen molar-refractivity contribution in [2.24, 2.45) is 11.1 Å². The molecule has 0 unspecified atom stereocenters. The van der Waals surface area contributed by atoms with Crippen LogP contribution < -0.4 is 5.73 Å². The summed E-state index contributed by atoms with van der Waals surface area (Å²) in [5.74, 6) is 0.0523. The van der Waals surface area contributed by atoms with Crippen molar-refractivity contribution in [3.05, 3.63) is 0 Å². The number of hydrogen-bond donors (Lipinski definition) is 1. The van der Waals surface area contributed by atoms with E-state index >= 15 is 0 Å². The van der Waals surface area contributed by atoms with Gasteiger partial charge in [-0.1, -0.05) is 0 Å². The highest BCUT2D eigenvalue weighted by Crippen LogP contribution is 2.32. The van der Waals surface area contributed by atoms with Crippen LogP contribution in [0.5, 0.6) is 0 Å². The van der Waals surface area contributed by atoms with E-state index in [0.717, 1.165) is 0 Å². The maximum absolute atomic E-state index is 12.7. The van der Waals surface area contributed by atoms with Crippen LogP contribution in [0.15, 0.2) is 0 Å². The number of piperazine rings is 1. The lowest BCUT2D eigenvalue weighted by molar-refractivity contribution is -0.148. The van der Waals surface area contributed by atoms with Crippen molar-refractivity contribution in [3.63, 3.8) is 0 Å². The molecule has 7 nitrogen and oxygen atoms in total. The van der Waals surface area contributed by atoms with Crippen LogP contribution in [0.3, 0.4) is 0 Å². The third-order valence-electron chi connectivity index (χ3n) is 4.29. The highest BCUT2D eigenvalue weighted by atomic mass is 32.2. The number of carbonyl (C=O) groups excluding carboxylic acids is 1. The van der Waals surface area contributed by atoms with Crippen LogP contribution in [-0.2, 0) is 19.6 Å². The molecule has 2 aliphatic rings. The van der Waals surface area contributed by atoms with Crippen molar-refractivity contribution < 1.29 is 17.9 Å². The number of rotatable bonds is 3. The predicted octanol–water partition coefficient (Wildman–Crippen LogP) is -1.15. The molecule has 0 aromatic carbocycles. The van der Waals surface area contributed by atoms with Crippen LogP contribution in [0.1, 0.15) is 12.8 Å². The molecule has 0 bridgehead atoms. The molecule has 0 saturated carbocycles. The lowest BCUT2D eigenvalue weighted by atomic mass is 9.78. The molecule has 0 aromatic heterocycles. The molecule has 0 atom stereocenters. The van der Waals surface area contributed by atoms with E-state index < -0.39 is 15.4 Å². The molecule has 2 saturated heterocycles. The zero-order valence-corrected chi connectivity index (χ0v) is 12.7. The van der Waals surface area contributed by atoms with Gasteiger partial charge in [0.15, 0.2) is 0 Å². The van der Waals surface area contributed by atoms with Crippen molar-refractivity contribution in [2.45, 2.75) is 12.8 Å². The van der Waals surface area contributed by atoms with Gasteiger partial charge in [-0.3, -0.25) is 4.79 Å². The number of hydrogen-bond acceptors (Lipinski definition) is 5. The van der Waals surface area contributed by atoms with Crippen LogP contribution in [0.4, 0.5) is 0 Å². The van der Waals surface area contributed by atoms with Gasteiger partial charge >= 0.3 is 0 Å². The molecule has 2 rings (SSSR count). The Morgan fingerprint density at radius 2 is 1.75 bits per heavy atom. The minimum Gasteiger partial charge on any atom is -0.381 e. The van der Waals surface area contributed by atoms with Crippen molar-refractivity contribution in [2.75, 3.05) is 52.2 Å². The number of nitrogens with zero attached hydrogens (tertiary/aromatic N) is 2. The van der Waals surface area contributed by atoms with Crippen LogP contribution in [0.25, 0.3) is 0 Å². The lowest BCUT2D eigenvalue weighted by Gasteiger charge is -2.41. The van der Waals surface area contributed by atoms with Gasteiger partial charge in [0.1, 0.15) is 0 Å². The Labute approximate surface area is 120 Å². The predicted molar refractivity (Wildman–Crippen MR) is 74.5 cm³/mol. The molecular formula is C12H23N3O4S. The van der Waals surface area contributed by atoms with Crippen LogP contribution in [-0.4, -0.2) is 75.7 Å². The third kappa shape index (κ3) is 3.13. The highest BCUT2D eigenvalue weighted by Gasteiger charge is 2.42. The largest absolute Gasteiger partial charge is 0.381 e. The van der Waals surface area contributed by atoms with Gasteiger partial charge in [-0.15, -0.1) is 0 Å². The van der Waals surface area contributed by atoms with Gasteiger partial charge < -0.3 is 15.4 Å². The summed E-state index contributed by atoms with van der Waals surface area (Å²) in [4.78, 5) is 14.4. The summed E-state index contributed by atoms with van der Waals surface area (Å²) in [6.07, 6.45) is 2.49. The van der Waals surface area contributed by atoms with E-state index in [9.17, 15) is 13.2 Å². The molecule has 1 amide bonds. The smallest absolute Gasteiger partial charge is 0.230 e. The molecule has 20 heavy (non-hydrogen) atoms. The van der Waals surface area contributed by atoms with E-state index in [2.05, 4.69) is 0 Å². The molecule has 0 spiro atoms. The van der Waals surface area contributed by atoms with E-state index in [1.807, 2.05) is 0 Å². The number of carbonyl (C=O) groups is 1. The quantitative estimate of drug-likeness (QED) is 0.710. The molecule has 2 fully saturated rings. The first-order chi connectivity index (χ1) is 9.39. The summed E-state index contributed by atoms with van der Waals surface area (Å²) in [6.45, 7) is 3.05. The molecule has 0 aliphatic carbocycles. The fourth-order valence-corrected chi connectivity index (χ4v) is 3.65. The minimum atomic E-state index is -3.17. The zero-order chi connectivity index (χ0) is 14.8. The summed E-state index contributed by atoms with van der Waals surface area (Å²) in [5.41, 5.74) is 5.31. The third-order valence-corrected chi connectivity index (χ3v) is 5.59. The second-order valence-corrected chi connectivity index (χ2v) is 7.53. The van der Waals surface area contributed by atoms with Crippen molar-refractivity contribution in [3.8, 4) is 0 Å². The van der Waals surface area contributed by atoms with Crippen molar-refractivity contribution >= 4 is 15.9 Å². The van der Waals surface area contributed by atoms with Crippen LogP contribution in [0, 0.1) is 5.41 Å². The first kappa shape index (κ1) is 15.7. The zero-order valence-electron chi connectivity index (χ0n) is 11.9. The molecular weight excluding hydrogens is 282 g/mol. The topological polar surface area (TPSA) is 92.9 Å². The fraction of sp³-hybridized carbons (Fsp3) is 0.917. The number of sulfonamides is 1. The van der Waals surface area contributed by atoms with Gasteiger partial charge in [0, 0.05) is 45.9 Å². The molecule has 0 radical (unpaired) electrons. The summed E-state index contributed by atoms with van der Waals surface area (Å²) in [5, 5.41) is 0. The average Bonchev–Trinajstić information content (AvgIpc) is 2.46. The molecule has 2 aliphatic heterocycles. The Morgan fingerprint density at radius 1 is 1.20 bits per heavy atom. The van der Waals surface area contributed by atoms with Gasteiger partial charge in [0.2, 0.25) is 15.9 Å². The van der Waals surface area contributed by atoms with Gasteiger partial charge in [-0.25, -0.2) is 8.42 Å². The molecule has 8 heteroatoms. The standard InChI is InChI=1S/C12H23N3O4S/c1-20(17,18)15-6-4-14(5-7-15)11(16)12(10-13)2-8-19-9-3-12/h2-10,13H2,1H3. The molecule has 0 aromatic rings. The Hall–Kier alpha value is -0.700. The highest BCUT2D eigenvalue weighted by molar-refractivity contribution is 7.88. The second kappa shape index (κ2) is 5.97. The lowest BCUT2D eigenvalue weighted by Crippen LogP contribution is -2.56.